The van der Waals surface area contributed by atoms with E-state index >= 15 is 8.78 Å². The summed E-state index contributed by atoms with van der Waals surface area (Å²) in [6.45, 7) is 10.3. The molecule has 0 aliphatic carbocycles. The number of fused-ring (bicyclic) bond motifs is 1. The van der Waals surface area contributed by atoms with Crippen LogP contribution in [0.4, 0.5) is 37.6 Å². The van der Waals surface area contributed by atoms with Crippen LogP contribution in [0.5, 0.6) is 5.75 Å². The molecule has 1 atom stereocenters. The molecule has 3 aliphatic rings. The Kier molecular flexibility index (Phi) is 13.6. The quantitative estimate of drug-likeness (QED) is 0.0962. The van der Waals surface area contributed by atoms with Gasteiger partial charge < -0.3 is 25.2 Å². The summed E-state index contributed by atoms with van der Waals surface area (Å²) in [5.41, 5.74) is 5.51. The number of ether oxygens (including phenoxy) is 1. The van der Waals surface area contributed by atoms with Gasteiger partial charge in [-0.25, -0.2) is 26.2 Å². The molecule has 0 bridgehead atoms. The molecule has 3 aromatic carbocycles. The van der Waals surface area contributed by atoms with Crippen LogP contribution < -0.4 is 25.6 Å². The molecule has 3 saturated heterocycles. The van der Waals surface area contributed by atoms with E-state index in [0.29, 0.717) is 57.8 Å². The van der Waals surface area contributed by atoms with Gasteiger partial charge in [0.15, 0.2) is 0 Å². The van der Waals surface area contributed by atoms with Crippen LogP contribution in [0.3, 0.4) is 0 Å². The van der Waals surface area contributed by atoms with E-state index in [1.807, 2.05) is 25.1 Å². The Morgan fingerprint density at radius 3 is 2.28 bits per heavy atom. The van der Waals surface area contributed by atoms with Crippen molar-refractivity contribution in [2.45, 2.75) is 70.8 Å². The Labute approximate surface area is 380 Å². The van der Waals surface area contributed by atoms with E-state index in [-0.39, 0.29) is 18.4 Å². The number of amides is 2. The van der Waals surface area contributed by atoms with Gasteiger partial charge in [-0.1, -0.05) is 19.9 Å². The maximum absolute atomic E-state index is 15.1. The smallest absolute Gasteiger partial charge is 0.236 e. The lowest BCUT2D eigenvalue weighted by Gasteiger charge is -2.43. The van der Waals surface area contributed by atoms with Crippen molar-refractivity contribution in [2.24, 2.45) is 0 Å². The zero-order valence-corrected chi connectivity index (χ0v) is 38.9. The van der Waals surface area contributed by atoms with Gasteiger partial charge in [-0.05, 0) is 101 Å². The predicted molar refractivity (Wildman–Crippen MR) is 249 cm³/mol. The Balaban J connectivity index is 0.873. The largest absolute Gasteiger partial charge is 0.494 e. The molecule has 2 amide bonds. The summed E-state index contributed by atoms with van der Waals surface area (Å²) in [4.78, 5) is 40.5. The summed E-state index contributed by atoms with van der Waals surface area (Å²) in [6.07, 6.45) is 8.67. The second-order valence-corrected chi connectivity index (χ2v) is 19.5. The number of carbonyl (C=O) groups excluding carboxylic acids is 2. The molecular formula is C46H54BrF2N9O5S. The molecule has 0 radical (unpaired) electrons. The van der Waals surface area contributed by atoms with E-state index in [0.717, 1.165) is 92.8 Å². The normalized spacial score (nSPS) is 18.1. The van der Waals surface area contributed by atoms with Crippen LogP contribution in [0.1, 0.15) is 67.7 Å². The fourth-order valence-corrected chi connectivity index (χ4v) is 10.5. The van der Waals surface area contributed by atoms with Crippen molar-refractivity contribution in [1.82, 2.24) is 29.1 Å². The average Bonchev–Trinajstić information content (AvgIpc) is 3.75. The zero-order valence-electron chi connectivity index (χ0n) is 36.5. The molecule has 5 heterocycles. The second-order valence-electron chi connectivity index (χ2n) is 16.8. The van der Waals surface area contributed by atoms with Gasteiger partial charge in [0, 0.05) is 93.4 Å². The highest BCUT2D eigenvalue weighted by molar-refractivity contribution is 9.10. The van der Waals surface area contributed by atoms with Gasteiger partial charge in [-0.3, -0.25) is 19.8 Å². The fraction of sp³-hybridized carbons (Fsp3) is 0.435. The Morgan fingerprint density at radius 1 is 0.906 bits per heavy atom. The summed E-state index contributed by atoms with van der Waals surface area (Å²) in [7, 11) is -1.92. The molecule has 3 N–H and O–H groups in total. The van der Waals surface area contributed by atoms with Gasteiger partial charge in [0.2, 0.25) is 27.8 Å². The molecule has 2 aromatic heterocycles. The fourth-order valence-electron chi connectivity index (χ4n) is 9.39. The molecule has 8 rings (SSSR count). The first-order valence-corrected chi connectivity index (χ1v) is 24.5. The van der Waals surface area contributed by atoms with Gasteiger partial charge in [0.05, 0.1) is 40.6 Å². The molecule has 0 saturated carbocycles. The molecule has 1 unspecified atom stereocenters. The number of benzene rings is 3. The van der Waals surface area contributed by atoms with Crippen LogP contribution in [-0.2, 0) is 38.9 Å². The SMILES string of the molecule is CCc1cc(Nc2ncc(Br)c(Nc3ccc(CC)c4ccn(S(C)(=O)=O)c34)n2)c(OC)cc1N1CCC(N2CCN(CCc3cc(F)c(C4CCC(=O)NC4=O)c(F)c3)CC2)CC1. The number of hydrogen-bond donors (Lipinski definition) is 3. The molecule has 340 valence electrons. The zero-order chi connectivity index (χ0) is 45.3. The van der Waals surface area contributed by atoms with Crippen molar-refractivity contribution < 1.29 is 31.5 Å². The van der Waals surface area contributed by atoms with Crippen LogP contribution in [0, 0.1) is 11.6 Å². The maximum atomic E-state index is 15.1. The molecule has 0 spiro atoms. The van der Waals surface area contributed by atoms with E-state index in [9.17, 15) is 18.0 Å². The Bertz CT molecular complexity index is 2660. The highest BCUT2D eigenvalue weighted by atomic mass is 79.9. The highest BCUT2D eigenvalue weighted by Gasteiger charge is 2.33. The monoisotopic (exact) mass is 961 g/mol. The van der Waals surface area contributed by atoms with Crippen LogP contribution >= 0.6 is 15.9 Å². The van der Waals surface area contributed by atoms with E-state index in [4.69, 9.17) is 9.72 Å². The molecule has 5 aromatic rings. The first-order valence-electron chi connectivity index (χ1n) is 21.9. The number of rotatable bonds is 14. The number of anilines is 5. The van der Waals surface area contributed by atoms with Crippen molar-refractivity contribution in [3.05, 3.63) is 93.2 Å². The van der Waals surface area contributed by atoms with Crippen molar-refractivity contribution >= 4 is 77.5 Å². The summed E-state index contributed by atoms with van der Waals surface area (Å²) in [5.74, 6) is -2.09. The number of halogens is 3. The third-order valence-corrected chi connectivity index (χ3v) is 14.4. The highest BCUT2D eigenvalue weighted by Crippen LogP contribution is 2.38. The van der Waals surface area contributed by atoms with Gasteiger partial charge >= 0.3 is 0 Å². The number of nitrogens with zero attached hydrogens (tertiary/aromatic N) is 6. The topological polar surface area (TPSA) is 154 Å². The third kappa shape index (κ3) is 9.60. The van der Waals surface area contributed by atoms with Gasteiger partial charge in [0.1, 0.15) is 23.2 Å². The number of methoxy groups -OCH3 is 1. The summed E-state index contributed by atoms with van der Waals surface area (Å²) in [5, 5.41) is 9.75. The molecule has 3 aliphatic heterocycles. The van der Waals surface area contributed by atoms with Crippen molar-refractivity contribution in [3.8, 4) is 5.75 Å². The number of piperidine rings is 2. The Hall–Kier alpha value is -5.17. The Morgan fingerprint density at radius 2 is 1.62 bits per heavy atom. The molecule has 14 nitrogen and oxygen atoms in total. The second kappa shape index (κ2) is 19.1. The minimum Gasteiger partial charge on any atom is -0.494 e. The number of imide groups is 1. The van der Waals surface area contributed by atoms with E-state index in [1.165, 1.54) is 22.4 Å². The third-order valence-electron chi connectivity index (χ3n) is 12.8. The van der Waals surface area contributed by atoms with Crippen LogP contribution in [0.2, 0.25) is 0 Å². The molecular weight excluding hydrogens is 909 g/mol. The summed E-state index contributed by atoms with van der Waals surface area (Å²) >= 11 is 3.57. The van der Waals surface area contributed by atoms with Crippen LogP contribution in [-0.4, -0.2) is 109 Å². The first kappa shape index (κ1) is 45.4. The minimum absolute atomic E-state index is 0.0606. The standard InChI is InChI=1S/C46H54BrF2N9O5S/c1-5-29-7-9-37(43-32(29)14-18-58(43)64(4,61)62)51-44-34(47)27-50-46(54-44)52-38-25-30(6-2)39(26-40(38)63-3)57-16-12-31(13-17-57)56-21-19-55(20-22-56)15-11-28-23-35(48)42(36(49)24-28)33-8-10-41(59)53-45(33)60/h7,9,14,18,23-27,31,33H,5-6,8,10-13,15-17,19-22H2,1-4H3,(H,53,59,60)(H2,50,51,52,54). The summed E-state index contributed by atoms with van der Waals surface area (Å²) in [6, 6.07) is 13.0. The van der Waals surface area contributed by atoms with Gasteiger partial charge in [0.25, 0.3) is 0 Å². The minimum atomic E-state index is -3.57. The number of carbonyl (C=O) groups is 2. The first-order chi connectivity index (χ1) is 30.7. The number of aryl methyl sites for hydroxylation is 2. The van der Waals surface area contributed by atoms with Crippen molar-refractivity contribution in [1.29, 1.82) is 0 Å². The lowest BCUT2D eigenvalue weighted by molar-refractivity contribution is -0.134. The van der Waals surface area contributed by atoms with Crippen molar-refractivity contribution in [2.75, 3.05) is 74.7 Å². The summed E-state index contributed by atoms with van der Waals surface area (Å²) < 4.78 is 63.5. The van der Waals surface area contributed by atoms with Crippen molar-refractivity contribution in [3.63, 3.8) is 0 Å². The number of piperazine rings is 1. The maximum Gasteiger partial charge on any atom is 0.236 e. The van der Waals surface area contributed by atoms with E-state index in [2.05, 4.69) is 70.6 Å². The lowest BCUT2D eigenvalue weighted by atomic mass is 9.89. The van der Waals surface area contributed by atoms with Gasteiger partial charge in [-0.15, -0.1) is 0 Å². The van der Waals surface area contributed by atoms with E-state index < -0.39 is 39.4 Å². The van der Waals surface area contributed by atoms with Crippen LogP contribution in [0.25, 0.3) is 10.9 Å². The van der Waals surface area contributed by atoms with E-state index in [1.54, 1.807) is 19.5 Å². The number of nitrogens with one attached hydrogen (secondary N) is 3. The molecule has 64 heavy (non-hydrogen) atoms. The number of hydrogen-bond acceptors (Lipinski definition) is 12. The average molecular weight is 963 g/mol. The molecule has 3 fully saturated rings. The van der Waals surface area contributed by atoms with Crippen LogP contribution in [0.15, 0.2) is 59.3 Å². The van der Waals surface area contributed by atoms with Gasteiger partial charge in [-0.2, -0.15) is 4.98 Å². The molecule has 18 heteroatoms. The number of aromatic nitrogens is 3. The predicted octanol–water partition coefficient (Wildman–Crippen LogP) is 7.25. The lowest BCUT2D eigenvalue weighted by Crippen LogP contribution is -2.53.